The van der Waals surface area contributed by atoms with Gasteiger partial charge < -0.3 is 19.5 Å². The highest BCUT2D eigenvalue weighted by Crippen LogP contribution is 2.21. The van der Waals surface area contributed by atoms with E-state index in [0.717, 1.165) is 0 Å². The van der Waals surface area contributed by atoms with E-state index in [4.69, 9.17) is 9.47 Å². The topological polar surface area (TPSA) is 56.8 Å². The van der Waals surface area contributed by atoms with Crippen LogP contribution in [-0.4, -0.2) is 44.5 Å². The number of carbonyl (C=O) groups is 1. The van der Waals surface area contributed by atoms with Crippen LogP contribution in [-0.2, 0) is 9.47 Å². The van der Waals surface area contributed by atoms with E-state index in [0.29, 0.717) is 26.2 Å². The summed E-state index contributed by atoms with van der Waals surface area (Å²) in [5.74, 6) is -0.608. The lowest BCUT2D eigenvalue weighted by Crippen LogP contribution is -2.50. The molecule has 22 heavy (non-hydrogen) atoms. The van der Waals surface area contributed by atoms with E-state index in [1.165, 1.54) is 18.2 Å². The number of alkyl halides is 2. The van der Waals surface area contributed by atoms with Crippen LogP contribution < -0.4 is 10.1 Å². The normalized spacial score (nSPS) is 21.6. The molecule has 2 rings (SSSR count). The molecule has 1 aromatic carbocycles. The molecule has 0 bridgehead atoms. The number of para-hydroxylation sites is 1. The first kappa shape index (κ1) is 16.6. The summed E-state index contributed by atoms with van der Waals surface area (Å²) in [5.41, 5.74) is 0.0736. The van der Waals surface area contributed by atoms with E-state index < -0.39 is 12.5 Å². The molecule has 1 heterocycles. The highest BCUT2D eigenvalue weighted by atomic mass is 19.3. The van der Waals surface area contributed by atoms with Crippen molar-refractivity contribution >= 4 is 5.91 Å². The molecule has 0 saturated carbocycles. The minimum absolute atomic E-state index is 0.0736. The summed E-state index contributed by atoms with van der Waals surface area (Å²) >= 11 is 0. The van der Waals surface area contributed by atoms with Crippen LogP contribution in [0.1, 0.15) is 23.7 Å². The van der Waals surface area contributed by atoms with E-state index in [-0.39, 0.29) is 23.5 Å². The zero-order chi connectivity index (χ0) is 15.9. The Morgan fingerprint density at radius 1 is 1.45 bits per heavy atom. The molecule has 1 fully saturated rings. The van der Waals surface area contributed by atoms with E-state index in [1.54, 1.807) is 6.07 Å². The average molecular weight is 315 g/mol. The molecule has 1 amide bonds. The molecule has 7 heteroatoms. The van der Waals surface area contributed by atoms with Crippen LogP contribution in [0, 0.1) is 0 Å². The van der Waals surface area contributed by atoms with Crippen molar-refractivity contribution in [2.24, 2.45) is 0 Å². The van der Waals surface area contributed by atoms with Crippen LogP contribution in [0.15, 0.2) is 24.3 Å². The molecule has 1 saturated heterocycles. The van der Waals surface area contributed by atoms with Gasteiger partial charge in [-0.1, -0.05) is 12.1 Å². The van der Waals surface area contributed by atoms with Gasteiger partial charge in [-0.15, -0.1) is 0 Å². The Balaban J connectivity index is 2.07. The molecule has 122 valence electrons. The Hall–Kier alpha value is -1.73. The fourth-order valence-corrected chi connectivity index (χ4v) is 2.35. The lowest BCUT2D eigenvalue weighted by Gasteiger charge is -2.31. The predicted molar refractivity (Wildman–Crippen MR) is 75.2 cm³/mol. The van der Waals surface area contributed by atoms with Crippen molar-refractivity contribution in [3.8, 4) is 5.75 Å². The molecule has 0 radical (unpaired) electrons. The first-order valence-electron chi connectivity index (χ1n) is 7.16. The van der Waals surface area contributed by atoms with Crippen molar-refractivity contribution in [2.45, 2.75) is 32.1 Å². The molecular weight excluding hydrogens is 296 g/mol. The third-order valence-electron chi connectivity index (χ3n) is 3.35. The quantitative estimate of drug-likeness (QED) is 0.874. The van der Waals surface area contributed by atoms with Gasteiger partial charge in [0.15, 0.2) is 0 Å². The minimum atomic E-state index is -2.98. The fourth-order valence-electron chi connectivity index (χ4n) is 2.35. The zero-order valence-electron chi connectivity index (χ0n) is 12.3. The Morgan fingerprint density at radius 3 is 2.95 bits per heavy atom. The summed E-state index contributed by atoms with van der Waals surface area (Å²) in [6.45, 7) is 0.302. The Labute approximate surface area is 127 Å². The van der Waals surface area contributed by atoms with Crippen molar-refractivity contribution in [1.29, 1.82) is 0 Å². The molecule has 0 spiro atoms. The van der Waals surface area contributed by atoms with Gasteiger partial charge in [0.25, 0.3) is 5.91 Å². The van der Waals surface area contributed by atoms with Gasteiger partial charge in [-0.3, -0.25) is 4.79 Å². The number of amides is 1. The third-order valence-corrected chi connectivity index (χ3v) is 3.35. The summed E-state index contributed by atoms with van der Waals surface area (Å²) in [5, 5.41) is 2.81. The van der Waals surface area contributed by atoms with Crippen molar-refractivity contribution in [2.75, 3.05) is 19.8 Å². The summed E-state index contributed by atoms with van der Waals surface area (Å²) in [7, 11) is 0. The summed E-state index contributed by atoms with van der Waals surface area (Å²) < 4.78 is 40.0. The number of halogens is 2. The number of ether oxygens (including phenoxy) is 3. The number of rotatable bonds is 6. The molecule has 1 aliphatic heterocycles. The highest BCUT2D eigenvalue weighted by Gasteiger charge is 2.28. The van der Waals surface area contributed by atoms with Crippen molar-refractivity contribution in [1.82, 2.24) is 5.32 Å². The van der Waals surface area contributed by atoms with Gasteiger partial charge in [-0.2, -0.15) is 8.78 Å². The van der Waals surface area contributed by atoms with Crippen molar-refractivity contribution in [3.63, 3.8) is 0 Å². The van der Waals surface area contributed by atoms with Crippen LogP contribution in [0.2, 0.25) is 0 Å². The lowest BCUT2D eigenvalue weighted by molar-refractivity contribution is -0.0634. The van der Waals surface area contributed by atoms with Gasteiger partial charge in [-0.05, 0) is 25.5 Å². The van der Waals surface area contributed by atoms with E-state index in [1.807, 2.05) is 6.92 Å². The first-order valence-corrected chi connectivity index (χ1v) is 7.16. The first-order chi connectivity index (χ1) is 10.6. The average Bonchev–Trinajstić information content (AvgIpc) is 2.49. The number of hydrogen-bond donors (Lipinski definition) is 1. The molecular formula is C15H19F2NO4. The van der Waals surface area contributed by atoms with Gasteiger partial charge in [0, 0.05) is 13.2 Å². The maximum Gasteiger partial charge on any atom is 0.387 e. The number of benzene rings is 1. The Kier molecular flexibility index (Phi) is 6.09. The second-order valence-electron chi connectivity index (χ2n) is 4.81. The van der Waals surface area contributed by atoms with E-state index >= 15 is 0 Å². The maximum absolute atomic E-state index is 12.4. The molecule has 0 aromatic heterocycles. The monoisotopic (exact) mass is 315 g/mol. The summed E-state index contributed by atoms with van der Waals surface area (Å²) in [4.78, 5) is 12.3. The molecule has 0 unspecified atom stereocenters. The van der Waals surface area contributed by atoms with Crippen LogP contribution >= 0.6 is 0 Å². The van der Waals surface area contributed by atoms with Gasteiger partial charge in [0.1, 0.15) is 11.9 Å². The molecule has 5 nitrogen and oxygen atoms in total. The molecule has 1 N–H and O–H groups in total. The molecule has 1 aliphatic rings. The van der Waals surface area contributed by atoms with Crippen LogP contribution in [0.25, 0.3) is 0 Å². The van der Waals surface area contributed by atoms with Crippen molar-refractivity contribution < 1.29 is 27.8 Å². The zero-order valence-corrected chi connectivity index (χ0v) is 12.3. The molecule has 1 aromatic rings. The lowest BCUT2D eigenvalue weighted by atomic mass is 10.0. The van der Waals surface area contributed by atoms with Crippen LogP contribution in [0.5, 0.6) is 5.75 Å². The van der Waals surface area contributed by atoms with Crippen LogP contribution in [0.4, 0.5) is 8.78 Å². The van der Waals surface area contributed by atoms with Gasteiger partial charge in [-0.25, -0.2) is 0 Å². The third kappa shape index (κ3) is 4.38. The predicted octanol–water partition coefficient (Wildman–Crippen LogP) is 2.21. The number of carbonyl (C=O) groups excluding carboxylic acids is 1. The SMILES string of the molecule is CCO[C@@H]1COCC[C@H]1NC(=O)c1ccccc1OC(F)F. The summed E-state index contributed by atoms with van der Waals surface area (Å²) in [6, 6.07) is 5.69. The second kappa shape index (κ2) is 8.05. The second-order valence-corrected chi connectivity index (χ2v) is 4.81. The number of nitrogens with one attached hydrogen (secondary N) is 1. The smallest absolute Gasteiger partial charge is 0.387 e. The largest absolute Gasteiger partial charge is 0.434 e. The van der Waals surface area contributed by atoms with Gasteiger partial charge in [0.05, 0.1) is 18.2 Å². The van der Waals surface area contributed by atoms with Crippen molar-refractivity contribution in [3.05, 3.63) is 29.8 Å². The van der Waals surface area contributed by atoms with Gasteiger partial charge in [0.2, 0.25) is 0 Å². The number of hydrogen-bond acceptors (Lipinski definition) is 4. The fraction of sp³-hybridized carbons (Fsp3) is 0.533. The molecule has 0 aliphatic carbocycles. The van der Waals surface area contributed by atoms with E-state index in [9.17, 15) is 13.6 Å². The summed E-state index contributed by atoms with van der Waals surface area (Å²) in [6.07, 6.45) is 0.361. The Morgan fingerprint density at radius 2 is 2.23 bits per heavy atom. The van der Waals surface area contributed by atoms with Crippen LogP contribution in [0.3, 0.4) is 0 Å². The minimum Gasteiger partial charge on any atom is -0.434 e. The molecule has 2 atom stereocenters. The standard InChI is InChI=1S/C15H19F2NO4/c1-2-21-13-9-20-8-7-11(13)18-14(19)10-5-3-4-6-12(10)22-15(16)17/h3-6,11,13,15H,2,7-9H2,1H3,(H,18,19)/t11-,13-/m1/s1. The maximum atomic E-state index is 12.4. The Bertz CT molecular complexity index is 496. The highest BCUT2D eigenvalue weighted by molar-refractivity contribution is 5.97. The van der Waals surface area contributed by atoms with E-state index in [2.05, 4.69) is 10.1 Å². The van der Waals surface area contributed by atoms with Gasteiger partial charge >= 0.3 is 6.61 Å².